The third-order valence-corrected chi connectivity index (χ3v) is 12.4. The van der Waals surface area contributed by atoms with Gasteiger partial charge in [-0.1, -0.05) is 48.5 Å². The van der Waals surface area contributed by atoms with Crippen LogP contribution in [0.2, 0.25) is 0 Å². The molecule has 1 unspecified atom stereocenters. The lowest BCUT2D eigenvalue weighted by atomic mass is 9.78. The van der Waals surface area contributed by atoms with Crippen LogP contribution in [0.3, 0.4) is 0 Å². The zero-order valence-electron chi connectivity index (χ0n) is 36.0. The molecule has 0 saturated carbocycles. The number of carbonyl (C=O) groups is 2. The highest BCUT2D eigenvalue weighted by atomic mass is 16.7. The first-order chi connectivity index (χ1) is 25.6. The van der Waals surface area contributed by atoms with E-state index in [2.05, 4.69) is 5.32 Å². The number of hydrogen-bond donors (Lipinski definition) is 1. The standard InChI is InChI=1S/C43H59B3N2O8/c1-37(2,3)47-35(49)34(28-19-21-30(22-20-28)44-51-38(4,5)39(6,7)52-44)48(33-25-23-31(24-26-33)45-53-40(8,9)41(10,11)54-45)36(50)29-17-16-18-32(27-29)46-55-42(12,13)43(14,15)56-46/h16-27,34H,1-15H3,(H,47,49). The van der Waals surface area contributed by atoms with Crippen molar-refractivity contribution in [2.45, 2.75) is 149 Å². The zero-order valence-corrected chi connectivity index (χ0v) is 36.0. The van der Waals surface area contributed by atoms with E-state index >= 15 is 4.79 Å². The molecule has 6 rings (SSSR count). The van der Waals surface area contributed by atoms with Crippen LogP contribution in [0.25, 0.3) is 0 Å². The average Bonchev–Trinajstić information content (AvgIpc) is 3.55. The van der Waals surface area contributed by atoms with E-state index in [1.54, 1.807) is 17.0 Å². The van der Waals surface area contributed by atoms with E-state index < -0.39 is 66.5 Å². The van der Waals surface area contributed by atoms with Crippen LogP contribution in [0, 0.1) is 0 Å². The van der Waals surface area contributed by atoms with Crippen LogP contribution < -0.4 is 26.6 Å². The SMILES string of the molecule is CC(C)(C)NC(=O)C(c1ccc(B2OC(C)(C)C(C)(C)O2)cc1)N(C(=O)c1cccc(B2OC(C)(C)C(C)(C)O2)c1)c1ccc(B2OC(C)(C)C(C)(C)O2)cc1. The summed E-state index contributed by atoms with van der Waals surface area (Å²) in [6.07, 6.45) is 0. The molecule has 10 nitrogen and oxygen atoms in total. The van der Waals surface area contributed by atoms with Crippen molar-refractivity contribution >= 4 is 55.2 Å². The Kier molecular flexibility index (Phi) is 10.6. The number of nitrogens with one attached hydrogen (secondary N) is 1. The van der Waals surface area contributed by atoms with Crippen molar-refractivity contribution < 1.29 is 37.5 Å². The highest BCUT2D eigenvalue weighted by molar-refractivity contribution is 6.63. The van der Waals surface area contributed by atoms with Gasteiger partial charge in [0.05, 0.1) is 33.6 Å². The quantitative estimate of drug-likeness (QED) is 0.284. The van der Waals surface area contributed by atoms with Crippen LogP contribution in [-0.4, -0.2) is 72.3 Å². The van der Waals surface area contributed by atoms with E-state index in [0.29, 0.717) is 22.3 Å². The maximum Gasteiger partial charge on any atom is 0.494 e. The highest BCUT2D eigenvalue weighted by Crippen LogP contribution is 2.39. The average molecular weight is 764 g/mol. The first-order valence-electron chi connectivity index (χ1n) is 19.7. The maximum atomic E-state index is 15.2. The van der Waals surface area contributed by atoms with Crippen LogP contribution in [0.1, 0.15) is 126 Å². The first kappa shape index (κ1) is 42.2. The molecule has 0 radical (unpaired) electrons. The topological polar surface area (TPSA) is 105 Å². The molecule has 0 aromatic heterocycles. The van der Waals surface area contributed by atoms with Crippen molar-refractivity contribution in [2.24, 2.45) is 0 Å². The Morgan fingerprint density at radius 1 is 0.554 bits per heavy atom. The summed E-state index contributed by atoms with van der Waals surface area (Å²) in [5.74, 6) is -0.720. The molecule has 1 atom stereocenters. The van der Waals surface area contributed by atoms with Crippen LogP contribution >= 0.6 is 0 Å². The molecular weight excluding hydrogens is 705 g/mol. The predicted molar refractivity (Wildman–Crippen MR) is 224 cm³/mol. The second-order valence-corrected chi connectivity index (χ2v) is 19.5. The monoisotopic (exact) mass is 764 g/mol. The molecule has 3 fully saturated rings. The van der Waals surface area contributed by atoms with Crippen molar-refractivity contribution in [1.29, 1.82) is 0 Å². The lowest BCUT2D eigenvalue weighted by Crippen LogP contribution is -2.50. The number of carbonyl (C=O) groups excluding carboxylic acids is 2. The minimum atomic E-state index is -1.07. The molecule has 3 saturated heterocycles. The van der Waals surface area contributed by atoms with Gasteiger partial charge in [0.25, 0.3) is 5.91 Å². The summed E-state index contributed by atoms with van der Waals surface area (Å²) >= 11 is 0. The largest absolute Gasteiger partial charge is 0.494 e. The van der Waals surface area contributed by atoms with Crippen LogP contribution in [0.4, 0.5) is 5.69 Å². The van der Waals surface area contributed by atoms with Gasteiger partial charge in [-0.3, -0.25) is 14.5 Å². The van der Waals surface area contributed by atoms with Crippen LogP contribution in [-0.2, 0) is 32.7 Å². The molecule has 3 aromatic carbocycles. The van der Waals surface area contributed by atoms with Crippen molar-refractivity contribution in [3.63, 3.8) is 0 Å². The molecule has 3 aliphatic heterocycles. The van der Waals surface area contributed by atoms with Gasteiger partial charge < -0.3 is 33.2 Å². The maximum absolute atomic E-state index is 15.2. The molecule has 13 heteroatoms. The number of rotatable bonds is 8. The molecular formula is C43H59B3N2O8. The van der Waals surface area contributed by atoms with Gasteiger partial charge in [-0.05, 0) is 150 Å². The predicted octanol–water partition coefficient (Wildman–Crippen LogP) is 5.89. The Morgan fingerprint density at radius 3 is 1.32 bits per heavy atom. The van der Waals surface area contributed by atoms with Gasteiger partial charge in [-0.25, -0.2) is 0 Å². The Hall–Kier alpha value is -3.45. The lowest BCUT2D eigenvalue weighted by molar-refractivity contribution is -0.123. The van der Waals surface area contributed by atoms with Gasteiger partial charge in [-0.15, -0.1) is 0 Å². The normalized spacial score (nSPS) is 22.2. The number of hydrogen-bond acceptors (Lipinski definition) is 8. The third-order valence-electron chi connectivity index (χ3n) is 12.4. The third kappa shape index (κ3) is 8.00. The fraction of sp³-hybridized carbons (Fsp3) is 0.535. The smallest absolute Gasteiger partial charge is 0.399 e. The van der Waals surface area contributed by atoms with Gasteiger partial charge in [-0.2, -0.15) is 0 Å². The van der Waals surface area contributed by atoms with Crippen molar-refractivity contribution in [1.82, 2.24) is 5.32 Å². The number of nitrogens with zero attached hydrogens (tertiary/aromatic N) is 1. The van der Waals surface area contributed by atoms with Gasteiger partial charge in [0.15, 0.2) is 0 Å². The van der Waals surface area contributed by atoms with E-state index in [1.165, 1.54) is 0 Å². The molecule has 0 bridgehead atoms. The van der Waals surface area contributed by atoms with Crippen molar-refractivity contribution in [2.75, 3.05) is 4.90 Å². The fourth-order valence-electron chi connectivity index (χ4n) is 6.76. The Labute approximate surface area is 335 Å². The van der Waals surface area contributed by atoms with Gasteiger partial charge in [0.1, 0.15) is 6.04 Å². The van der Waals surface area contributed by atoms with E-state index in [1.807, 2.05) is 165 Å². The summed E-state index contributed by atoms with van der Waals surface area (Å²) in [7, 11) is -1.87. The highest BCUT2D eigenvalue weighted by Gasteiger charge is 2.54. The minimum absolute atomic E-state index is 0.341. The van der Waals surface area contributed by atoms with Gasteiger partial charge >= 0.3 is 21.4 Å². The summed E-state index contributed by atoms with van der Waals surface area (Å²) in [6.45, 7) is 29.8. The molecule has 3 aliphatic rings. The molecule has 3 aromatic rings. The Bertz CT molecular complexity index is 1910. The summed E-state index contributed by atoms with van der Waals surface area (Å²) < 4.78 is 38.0. The summed E-state index contributed by atoms with van der Waals surface area (Å²) in [4.78, 5) is 31.3. The molecule has 0 spiro atoms. The second-order valence-electron chi connectivity index (χ2n) is 19.5. The Balaban J connectivity index is 1.43. The number of benzene rings is 3. The zero-order chi connectivity index (χ0) is 41.4. The lowest BCUT2D eigenvalue weighted by Gasteiger charge is -2.34. The first-order valence-corrected chi connectivity index (χ1v) is 19.7. The minimum Gasteiger partial charge on any atom is -0.399 e. The number of anilines is 1. The Morgan fingerprint density at radius 2 is 0.929 bits per heavy atom. The van der Waals surface area contributed by atoms with Crippen molar-refractivity contribution in [3.05, 3.63) is 83.9 Å². The fourth-order valence-corrected chi connectivity index (χ4v) is 6.76. The van der Waals surface area contributed by atoms with Crippen molar-refractivity contribution in [3.8, 4) is 0 Å². The summed E-state index contributed by atoms with van der Waals surface area (Å²) in [5.41, 5.74) is -0.00977. The summed E-state index contributed by atoms with van der Waals surface area (Å²) in [5, 5.41) is 3.15. The van der Waals surface area contributed by atoms with Crippen LogP contribution in [0.5, 0.6) is 0 Å². The molecule has 56 heavy (non-hydrogen) atoms. The molecule has 3 heterocycles. The van der Waals surface area contributed by atoms with E-state index in [-0.39, 0.29) is 11.8 Å². The number of amides is 2. The van der Waals surface area contributed by atoms with E-state index in [4.69, 9.17) is 27.9 Å². The second kappa shape index (κ2) is 14.1. The van der Waals surface area contributed by atoms with E-state index in [9.17, 15) is 4.79 Å². The molecule has 1 N–H and O–H groups in total. The van der Waals surface area contributed by atoms with Gasteiger partial charge in [0, 0.05) is 16.8 Å². The molecule has 2 amide bonds. The van der Waals surface area contributed by atoms with E-state index in [0.717, 1.165) is 10.9 Å². The summed E-state index contributed by atoms with van der Waals surface area (Å²) in [6, 6.07) is 21.2. The molecule has 298 valence electrons. The van der Waals surface area contributed by atoms with Gasteiger partial charge in [0.2, 0.25) is 5.91 Å². The molecule has 0 aliphatic carbocycles. The van der Waals surface area contributed by atoms with Crippen LogP contribution in [0.15, 0.2) is 72.8 Å².